The van der Waals surface area contributed by atoms with Crippen LogP contribution in [0.1, 0.15) is 45.1 Å². The van der Waals surface area contributed by atoms with E-state index in [1.54, 1.807) is 0 Å². The molecule has 1 aromatic rings. The summed E-state index contributed by atoms with van der Waals surface area (Å²) in [4.78, 5) is 13.0. The maximum absolute atomic E-state index is 10.8. The summed E-state index contributed by atoms with van der Waals surface area (Å²) in [6.07, 6.45) is 4.67. The molecule has 1 N–H and O–H groups in total. The lowest BCUT2D eigenvalue weighted by Gasteiger charge is -2.26. The molecule has 0 fully saturated rings. The lowest BCUT2D eigenvalue weighted by molar-refractivity contribution is -0.136. The van der Waals surface area contributed by atoms with E-state index in [0.29, 0.717) is 6.54 Å². The van der Waals surface area contributed by atoms with Crippen LogP contribution >= 0.6 is 0 Å². The summed E-state index contributed by atoms with van der Waals surface area (Å²) in [5.41, 5.74) is 2.49. The number of carboxylic acids is 1. The van der Waals surface area contributed by atoms with Crippen molar-refractivity contribution in [3.8, 4) is 0 Å². The minimum absolute atomic E-state index is 0.199. The molecule has 0 aromatic heterocycles. The van der Waals surface area contributed by atoms with Gasteiger partial charge in [-0.2, -0.15) is 0 Å². The van der Waals surface area contributed by atoms with Crippen LogP contribution in [0.3, 0.4) is 0 Å². The van der Waals surface area contributed by atoms with Crippen LogP contribution in [-0.4, -0.2) is 24.2 Å². The standard InChI is InChI=1S/C16H25NO2/c1-3-5-8-12-17(13-11-16(18)19)15-10-7-6-9-14(15)4-2/h6-7,9-10H,3-5,8,11-13H2,1-2H3,(H,18,19). The van der Waals surface area contributed by atoms with E-state index in [4.69, 9.17) is 5.11 Å². The number of para-hydroxylation sites is 1. The van der Waals surface area contributed by atoms with Crippen molar-refractivity contribution in [2.45, 2.75) is 46.0 Å². The number of anilines is 1. The van der Waals surface area contributed by atoms with Crippen molar-refractivity contribution in [2.75, 3.05) is 18.0 Å². The molecular formula is C16H25NO2. The summed E-state index contributed by atoms with van der Waals surface area (Å²) in [7, 11) is 0. The van der Waals surface area contributed by atoms with Crippen LogP contribution < -0.4 is 4.90 Å². The van der Waals surface area contributed by atoms with Gasteiger partial charge >= 0.3 is 5.97 Å². The van der Waals surface area contributed by atoms with Gasteiger partial charge in [-0.1, -0.05) is 44.9 Å². The molecule has 0 atom stereocenters. The first-order chi connectivity index (χ1) is 9.19. The van der Waals surface area contributed by atoms with E-state index in [2.05, 4.69) is 30.9 Å². The van der Waals surface area contributed by atoms with E-state index in [9.17, 15) is 4.79 Å². The predicted molar refractivity (Wildman–Crippen MR) is 79.8 cm³/mol. The summed E-state index contributed by atoms with van der Waals surface area (Å²) in [5.74, 6) is -0.727. The van der Waals surface area contributed by atoms with Crippen molar-refractivity contribution in [2.24, 2.45) is 0 Å². The van der Waals surface area contributed by atoms with Crippen molar-refractivity contribution in [3.05, 3.63) is 29.8 Å². The zero-order valence-corrected chi connectivity index (χ0v) is 12.1. The van der Waals surface area contributed by atoms with Crippen molar-refractivity contribution < 1.29 is 9.90 Å². The Balaban J connectivity index is 2.77. The zero-order chi connectivity index (χ0) is 14.1. The van der Waals surface area contributed by atoms with E-state index in [0.717, 1.165) is 19.4 Å². The Morgan fingerprint density at radius 2 is 1.89 bits per heavy atom. The van der Waals surface area contributed by atoms with Crippen LogP contribution in [0.4, 0.5) is 5.69 Å². The predicted octanol–water partition coefficient (Wildman–Crippen LogP) is 3.72. The Morgan fingerprint density at radius 1 is 1.16 bits per heavy atom. The number of nitrogens with zero attached hydrogens (tertiary/aromatic N) is 1. The molecule has 1 rings (SSSR count). The van der Waals surface area contributed by atoms with Crippen LogP contribution in [0, 0.1) is 0 Å². The highest BCUT2D eigenvalue weighted by Gasteiger charge is 2.11. The summed E-state index contributed by atoms with van der Waals surface area (Å²) in [6.45, 7) is 5.86. The Labute approximate surface area is 116 Å². The van der Waals surface area contributed by atoms with Gasteiger partial charge in [0.1, 0.15) is 0 Å². The highest BCUT2D eigenvalue weighted by Crippen LogP contribution is 2.21. The van der Waals surface area contributed by atoms with E-state index >= 15 is 0 Å². The quantitative estimate of drug-likeness (QED) is 0.690. The molecule has 0 heterocycles. The molecule has 106 valence electrons. The summed E-state index contributed by atoms with van der Waals surface area (Å²) < 4.78 is 0. The minimum Gasteiger partial charge on any atom is -0.481 e. The van der Waals surface area contributed by atoms with Crippen LogP contribution in [0.5, 0.6) is 0 Å². The van der Waals surface area contributed by atoms with Gasteiger partial charge < -0.3 is 10.0 Å². The number of aliphatic carboxylic acids is 1. The molecule has 0 aliphatic heterocycles. The Kier molecular flexibility index (Phi) is 7.01. The Bertz CT molecular complexity index is 390. The van der Waals surface area contributed by atoms with Crippen molar-refractivity contribution in [1.82, 2.24) is 0 Å². The van der Waals surface area contributed by atoms with Gasteiger partial charge in [-0.15, -0.1) is 0 Å². The van der Waals surface area contributed by atoms with Gasteiger partial charge in [0, 0.05) is 18.8 Å². The average Bonchev–Trinajstić information content (AvgIpc) is 2.42. The fraction of sp³-hybridized carbons (Fsp3) is 0.562. The number of unbranched alkanes of at least 4 members (excludes halogenated alkanes) is 2. The van der Waals surface area contributed by atoms with E-state index in [1.165, 1.54) is 24.1 Å². The third-order valence-electron chi connectivity index (χ3n) is 3.34. The van der Waals surface area contributed by atoms with Crippen molar-refractivity contribution in [1.29, 1.82) is 0 Å². The molecule has 0 unspecified atom stereocenters. The SMILES string of the molecule is CCCCCN(CCC(=O)O)c1ccccc1CC. The van der Waals surface area contributed by atoms with Gasteiger partial charge in [0.05, 0.1) is 6.42 Å². The lowest BCUT2D eigenvalue weighted by Crippen LogP contribution is -2.28. The molecule has 0 radical (unpaired) electrons. The van der Waals surface area contributed by atoms with Crippen LogP contribution in [0.2, 0.25) is 0 Å². The molecule has 0 spiro atoms. The molecule has 3 nitrogen and oxygen atoms in total. The first-order valence-electron chi connectivity index (χ1n) is 7.23. The lowest BCUT2D eigenvalue weighted by atomic mass is 10.1. The van der Waals surface area contributed by atoms with Gasteiger partial charge in [0.25, 0.3) is 0 Å². The first-order valence-corrected chi connectivity index (χ1v) is 7.23. The van der Waals surface area contributed by atoms with Gasteiger partial charge in [-0.05, 0) is 24.5 Å². The molecule has 3 heteroatoms. The minimum atomic E-state index is -0.727. The van der Waals surface area contributed by atoms with Gasteiger partial charge in [-0.3, -0.25) is 4.79 Å². The average molecular weight is 263 g/mol. The molecule has 1 aromatic carbocycles. The second-order valence-corrected chi connectivity index (χ2v) is 4.82. The van der Waals surface area contributed by atoms with Gasteiger partial charge in [0.15, 0.2) is 0 Å². The highest BCUT2D eigenvalue weighted by molar-refractivity contribution is 5.68. The van der Waals surface area contributed by atoms with E-state index < -0.39 is 5.97 Å². The number of carbonyl (C=O) groups is 1. The van der Waals surface area contributed by atoms with Crippen LogP contribution in [-0.2, 0) is 11.2 Å². The monoisotopic (exact) mass is 263 g/mol. The third kappa shape index (κ3) is 5.33. The summed E-state index contributed by atoms with van der Waals surface area (Å²) in [5, 5.41) is 8.88. The second-order valence-electron chi connectivity index (χ2n) is 4.82. The van der Waals surface area contributed by atoms with Crippen LogP contribution in [0.15, 0.2) is 24.3 Å². The number of benzene rings is 1. The molecule has 0 saturated heterocycles. The Hall–Kier alpha value is -1.51. The zero-order valence-electron chi connectivity index (χ0n) is 12.1. The summed E-state index contributed by atoms with van der Waals surface area (Å²) >= 11 is 0. The molecule has 19 heavy (non-hydrogen) atoms. The smallest absolute Gasteiger partial charge is 0.305 e. The van der Waals surface area contributed by atoms with Crippen LogP contribution in [0.25, 0.3) is 0 Å². The molecule has 0 saturated carbocycles. The fourth-order valence-corrected chi connectivity index (χ4v) is 2.25. The Morgan fingerprint density at radius 3 is 2.53 bits per heavy atom. The summed E-state index contributed by atoms with van der Waals surface area (Å²) in [6, 6.07) is 8.31. The maximum Gasteiger partial charge on any atom is 0.305 e. The number of rotatable bonds is 9. The third-order valence-corrected chi connectivity index (χ3v) is 3.34. The van der Waals surface area contributed by atoms with E-state index in [1.807, 2.05) is 12.1 Å². The highest BCUT2D eigenvalue weighted by atomic mass is 16.4. The van der Waals surface area contributed by atoms with Crippen molar-refractivity contribution >= 4 is 11.7 Å². The number of carboxylic acid groups (broad SMARTS) is 1. The largest absolute Gasteiger partial charge is 0.481 e. The van der Waals surface area contributed by atoms with Gasteiger partial charge in [-0.25, -0.2) is 0 Å². The topological polar surface area (TPSA) is 40.5 Å². The number of hydrogen-bond acceptors (Lipinski definition) is 2. The molecule has 0 amide bonds. The number of aryl methyl sites for hydroxylation is 1. The van der Waals surface area contributed by atoms with Crippen molar-refractivity contribution in [3.63, 3.8) is 0 Å². The number of hydrogen-bond donors (Lipinski definition) is 1. The molecule has 0 aliphatic carbocycles. The first kappa shape index (κ1) is 15.5. The fourth-order valence-electron chi connectivity index (χ4n) is 2.25. The van der Waals surface area contributed by atoms with E-state index in [-0.39, 0.29) is 6.42 Å². The molecule has 0 aliphatic rings. The maximum atomic E-state index is 10.8. The molecule has 0 bridgehead atoms. The molecular weight excluding hydrogens is 238 g/mol. The second kappa shape index (κ2) is 8.57. The normalized spacial score (nSPS) is 10.4. The van der Waals surface area contributed by atoms with Gasteiger partial charge in [0.2, 0.25) is 0 Å².